The van der Waals surface area contributed by atoms with Crippen molar-refractivity contribution < 1.29 is 8.42 Å². The first-order valence-electron chi connectivity index (χ1n) is 6.43. The van der Waals surface area contributed by atoms with Gasteiger partial charge in [-0.2, -0.15) is 0 Å². The van der Waals surface area contributed by atoms with Gasteiger partial charge in [0.2, 0.25) is 10.0 Å². The summed E-state index contributed by atoms with van der Waals surface area (Å²) in [5.41, 5.74) is 6.84. The molecule has 2 rings (SSSR count). The number of anilines is 1. The van der Waals surface area contributed by atoms with Crippen LogP contribution in [0.4, 0.5) is 5.69 Å². The molecular weight excluding hydrogens is 262 g/mol. The molecule has 1 heterocycles. The molecule has 1 aliphatic heterocycles. The monoisotopic (exact) mass is 283 g/mol. The smallest absolute Gasteiger partial charge is 0.240 e. The largest absolute Gasteiger partial charge is 0.399 e. The Kier molecular flexibility index (Phi) is 4.13. The zero-order chi connectivity index (χ0) is 14.0. The van der Waals surface area contributed by atoms with Crippen LogP contribution in [0.15, 0.2) is 23.1 Å². The van der Waals surface area contributed by atoms with E-state index in [1.165, 1.54) is 6.07 Å². The van der Waals surface area contributed by atoms with Gasteiger partial charge in [-0.05, 0) is 50.6 Å². The number of benzene rings is 1. The lowest BCUT2D eigenvalue weighted by Gasteiger charge is -2.13. The van der Waals surface area contributed by atoms with E-state index in [-0.39, 0.29) is 4.90 Å². The average molecular weight is 283 g/mol. The Hall–Kier alpha value is -1.11. The maximum absolute atomic E-state index is 12.3. The Morgan fingerprint density at radius 1 is 1.47 bits per heavy atom. The maximum Gasteiger partial charge on any atom is 0.240 e. The third-order valence-electron chi connectivity index (χ3n) is 3.55. The van der Waals surface area contributed by atoms with Crippen molar-refractivity contribution in [2.45, 2.75) is 18.2 Å². The third-order valence-corrected chi connectivity index (χ3v) is 5.12. The predicted molar refractivity (Wildman–Crippen MR) is 76.4 cm³/mol. The highest BCUT2D eigenvalue weighted by molar-refractivity contribution is 7.89. The predicted octanol–water partition coefficient (Wildman–Crippen LogP) is 0.807. The van der Waals surface area contributed by atoms with E-state index in [1.807, 2.05) is 0 Å². The summed E-state index contributed by atoms with van der Waals surface area (Å²) in [4.78, 5) is 2.49. The lowest BCUT2D eigenvalue weighted by Crippen LogP contribution is -2.31. The fourth-order valence-electron chi connectivity index (χ4n) is 2.40. The van der Waals surface area contributed by atoms with Crippen molar-refractivity contribution in [2.24, 2.45) is 5.92 Å². The van der Waals surface area contributed by atoms with Crippen LogP contribution in [0, 0.1) is 12.8 Å². The van der Waals surface area contributed by atoms with Gasteiger partial charge in [-0.25, -0.2) is 13.1 Å². The Morgan fingerprint density at radius 3 is 2.84 bits per heavy atom. The van der Waals surface area contributed by atoms with Gasteiger partial charge in [-0.3, -0.25) is 0 Å². The van der Waals surface area contributed by atoms with Gasteiger partial charge in [0.15, 0.2) is 0 Å². The highest BCUT2D eigenvalue weighted by Crippen LogP contribution is 2.19. The van der Waals surface area contributed by atoms with Gasteiger partial charge in [-0.1, -0.05) is 6.07 Å². The average Bonchev–Trinajstić information content (AvgIpc) is 2.76. The molecule has 1 atom stereocenters. The number of hydrogen-bond acceptors (Lipinski definition) is 4. The number of hydrogen-bond donors (Lipinski definition) is 2. The molecule has 3 N–H and O–H groups in total. The van der Waals surface area contributed by atoms with E-state index in [0.717, 1.165) is 19.5 Å². The lowest BCUT2D eigenvalue weighted by molar-refractivity contribution is 0.394. The van der Waals surface area contributed by atoms with Crippen molar-refractivity contribution >= 4 is 15.7 Å². The van der Waals surface area contributed by atoms with Crippen molar-refractivity contribution in [1.29, 1.82) is 0 Å². The highest BCUT2D eigenvalue weighted by Gasteiger charge is 2.23. The van der Waals surface area contributed by atoms with Crippen molar-refractivity contribution in [3.63, 3.8) is 0 Å². The molecule has 1 aromatic carbocycles. The molecule has 106 valence electrons. The fourth-order valence-corrected chi connectivity index (χ4v) is 3.80. The topological polar surface area (TPSA) is 75.4 Å². The van der Waals surface area contributed by atoms with Crippen LogP contribution in [0.25, 0.3) is 0 Å². The SMILES string of the molecule is Cc1ccc(N)cc1S(=O)(=O)NCC1CCN(C)C1. The number of nitrogens with one attached hydrogen (secondary N) is 1. The van der Waals surface area contributed by atoms with Crippen LogP contribution >= 0.6 is 0 Å². The zero-order valence-electron chi connectivity index (χ0n) is 11.4. The molecule has 1 aliphatic rings. The number of nitrogens with two attached hydrogens (primary N) is 1. The van der Waals surface area contributed by atoms with Crippen LogP contribution < -0.4 is 10.5 Å². The summed E-state index contributed by atoms with van der Waals surface area (Å²) >= 11 is 0. The number of sulfonamides is 1. The zero-order valence-corrected chi connectivity index (χ0v) is 12.2. The summed E-state index contributed by atoms with van der Waals surface area (Å²) in [6.45, 7) is 4.24. The number of rotatable bonds is 4. The van der Waals surface area contributed by atoms with Crippen LogP contribution in [0.3, 0.4) is 0 Å². The van der Waals surface area contributed by atoms with Gasteiger partial charge in [0.1, 0.15) is 0 Å². The molecule has 0 amide bonds. The summed E-state index contributed by atoms with van der Waals surface area (Å²) in [6.07, 6.45) is 1.04. The molecule has 0 saturated carbocycles. The summed E-state index contributed by atoms with van der Waals surface area (Å²) in [5.74, 6) is 0.390. The Bertz CT molecular complexity index is 557. The van der Waals surface area contributed by atoms with Gasteiger partial charge < -0.3 is 10.6 Å². The molecule has 0 radical (unpaired) electrons. The van der Waals surface area contributed by atoms with Crippen LogP contribution in [0.5, 0.6) is 0 Å². The molecular formula is C13H21N3O2S. The van der Waals surface area contributed by atoms with Gasteiger partial charge in [0.05, 0.1) is 4.90 Å². The number of likely N-dealkylation sites (tertiary alicyclic amines) is 1. The van der Waals surface area contributed by atoms with Crippen molar-refractivity contribution in [3.8, 4) is 0 Å². The van der Waals surface area contributed by atoms with E-state index in [4.69, 9.17) is 5.73 Å². The minimum atomic E-state index is -3.47. The molecule has 5 nitrogen and oxygen atoms in total. The molecule has 1 saturated heterocycles. The van der Waals surface area contributed by atoms with Gasteiger partial charge in [0.25, 0.3) is 0 Å². The summed E-state index contributed by atoms with van der Waals surface area (Å²) in [6, 6.07) is 4.95. The third kappa shape index (κ3) is 3.46. The van der Waals surface area contributed by atoms with E-state index >= 15 is 0 Å². The summed E-state index contributed by atoms with van der Waals surface area (Å²) < 4.78 is 27.2. The maximum atomic E-state index is 12.3. The first-order chi connectivity index (χ1) is 8.88. The number of aryl methyl sites for hydroxylation is 1. The fraction of sp³-hybridized carbons (Fsp3) is 0.538. The van der Waals surface area contributed by atoms with Crippen molar-refractivity contribution in [1.82, 2.24) is 9.62 Å². The van der Waals surface area contributed by atoms with Crippen LogP contribution in [0.1, 0.15) is 12.0 Å². The van der Waals surface area contributed by atoms with E-state index in [1.54, 1.807) is 19.1 Å². The van der Waals surface area contributed by atoms with E-state index in [0.29, 0.717) is 23.7 Å². The molecule has 0 aromatic heterocycles. The standard InChI is InChI=1S/C13H21N3O2S/c1-10-3-4-12(14)7-13(10)19(17,18)15-8-11-5-6-16(2)9-11/h3-4,7,11,15H,5-6,8-9,14H2,1-2H3. The first-order valence-corrected chi connectivity index (χ1v) is 7.91. The minimum absolute atomic E-state index is 0.277. The van der Waals surface area contributed by atoms with Gasteiger partial charge in [0, 0.05) is 18.8 Å². The highest BCUT2D eigenvalue weighted by atomic mass is 32.2. The number of nitrogen functional groups attached to an aromatic ring is 1. The minimum Gasteiger partial charge on any atom is -0.399 e. The first kappa shape index (κ1) is 14.3. The Labute approximate surface area is 114 Å². The second kappa shape index (κ2) is 5.48. The van der Waals surface area contributed by atoms with E-state index in [9.17, 15) is 8.42 Å². The second-order valence-electron chi connectivity index (χ2n) is 5.29. The Balaban J connectivity index is 2.08. The van der Waals surface area contributed by atoms with Crippen molar-refractivity contribution in [3.05, 3.63) is 23.8 Å². The Morgan fingerprint density at radius 2 is 2.21 bits per heavy atom. The summed E-state index contributed by atoms with van der Waals surface area (Å²) in [5, 5.41) is 0. The van der Waals surface area contributed by atoms with Gasteiger partial charge in [-0.15, -0.1) is 0 Å². The van der Waals surface area contributed by atoms with Crippen LogP contribution in [-0.4, -0.2) is 40.0 Å². The van der Waals surface area contributed by atoms with Crippen LogP contribution in [-0.2, 0) is 10.0 Å². The molecule has 0 aliphatic carbocycles. The summed E-state index contributed by atoms with van der Waals surface area (Å²) in [7, 11) is -1.41. The normalized spacial score (nSPS) is 20.8. The lowest BCUT2D eigenvalue weighted by atomic mass is 10.1. The second-order valence-corrected chi connectivity index (χ2v) is 7.03. The molecule has 6 heteroatoms. The molecule has 1 fully saturated rings. The van der Waals surface area contributed by atoms with Crippen LogP contribution in [0.2, 0.25) is 0 Å². The number of nitrogens with zero attached hydrogens (tertiary/aromatic N) is 1. The van der Waals surface area contributed by atoms with E-state index < -0.39 is 10.0 Å². The quantitative estimate of drug-likeness (QED) is 0.802. The molecule has 0 spiro atoms. The molecule has 1 unspecified atom stereocenters. The van der Waals surface area contributed by atoms with Gasteiger partial charge >= 0.3 is 0 Å². The molecule has 19 heavy (non-hydrogen) atoms. The molecule has 0 bridgehead atoms. The van der Waals surface area contributed by atoms with E-state index in [2.05, 4.69) is 16.7 Å². The van der Waals surface area contributed by atoms with Crippen molar-refractivity contribution in [2.75, 3.05) is 32.4 Å². The molecule has 1 aromatic rings.